The highest BCUT2D eigenvalue weighted by molar-refractivity contribution is 6.30. The van der Waals surface area contributed by atoms with Gasteiger partial charge in [0.15, 0.2) is 0 Å². The molecule has 1 unspecified atom stereocenters. The molecule has 0 saturated heterocycles. The van der Waals surface area contributed by atoms with Crippen LogP contribution in [0, 0.1) is 11.7 Å². The van der Waals surface area contributed by atoms with Crippen LogP contribution in [0.5, 0.6) is 0 Å². The molecule has 0 fully saturated rings. The number of Topliss-reactive ketones (excluding diaryl/α,β-unsaturated/α-hetero) is 1. The van der Waals surface area contributed by atoms with E-state index in [-0.39, 0.29) is 18.1 Å². The minimum Gasteiger partial charge on any atom is -0.299 e. The molecule has 0 radical (unpaired) electrons. The van der Waals surface area contributed by atoms with Crippen molar-refractivity contribution in [1.29, 1.82) is 0 Å². The van der Waals surface area contributed by atoms with E-state index in [4.69, 9.17) is 11.6 Å². The number of hydrogen-bond donors (Lipinski definition) is 0. The van der Waals surface area contributed by atoms with Crippen LogP contribution in [0.15, 0.2) is 18.2 Å². The first kappa shape index (κ1) is 13.2. The first-order valence-corrected chi connectivity index (χ1v) is 5.89. The van der Waals surface area contributed by atoms with Gasteiger partial charge in [0.25, 0.3) is 0 Å². The van der Waals surface area contributed by atoms with Crippen molar-refractivity contribution in [3.8, 4) is 0 Å². The van der Waals surface area contributed by atoms with Crippen LogP contribution in [0.1, 0.15) is 32.3 Å². The molecule has 88 valence electrons. The maximum atomic E-state index is 13.4. The molecule has 0 aliphatic rings. The maximum Gasteiger partial charge on any atom is 0.140 e. The van der Waals surface area contributed by atoms with Crippen molar-refractivity contribution in [3.63, 3.8) is 0 Å². The molecule has 1 aromatic rings. The normalized spacial score (nSPS) is 12.5. The second-order valence-corrected chi connectivity index (χ2v) is 4.50. The third kappa shape index (κ3) is 3.60. The third-order valence-corrected chi connectivity index (χ3v) is 2.89. The maximum absolute atomic E-state index is 13.4. The van der Waals surface area contributed by atoms with Crippen LogP contribution < -0.4 is 0 Å². The Morgan fingerprint density at radius 1 is 1.50 bits per heavy atom. The van der Waals surface area contributed by atoms with Crippen LogP contribution in [0.25, 0.3) is 0 Å². The first-order valence-electron chi connectivity index (χ1n) is 5.51. The van der Waals surface area contributed by atoms with Gasteiger partial charge in [-0.05, 0) is 24.1 Å². The van der Waals surface area contributed by atoms with Crippen molar-refractivity contribution < 1.29 is 9.18 Å². The van der Waals surface area contributed by atoms with Gasteiger partial charge in [-0.15, -0.1) is 0 Å². The fourth-order valence-electron chi connectivity index (χ4n) is 1.62. The van der Waals surface area contributed by atoms with Crippen LogP contribution in [0.3, 0.4) is 0 Å². The van der Waals surface area contributed by atoms with E-state index in [1.807, 2.05) is 13.8 Å². The van der Waals surface area contributed by atoms with Gasteiger partial charge in [-0.25, -0.2) is 4.39 Å². The lowest BCUT2D eigenvalue weighted by molar-refractivity contribution is -0.121. The fourth-order valence-corrected chi connectivity index (χ4v) is 1.78. The Morgan fingerprint density at radius 3 is 2.75 bits per heavy atom. The van der Waals surface area contributed by atoms with E-state index in [0.717, 1.165) is 12.8 Å². The second-order valence-electron chi connectivity index (χ2n) is 4.07. The van der Waals surface area contributed by atoms with Crippen molar-refractivity contribution in [2.24, 2.45) is 5.92 Å². The summed E-state index contributed by atoms with van der Waals surface area (Å²) in [6, 6.07) is 4.43. The van der Waals surface area contributed by atoms with Crippen LogP contribution in [0.4, 0.5) is 4.39 Å². The first-order chi connectivity index (χ1) is 7.54. The van der Waals surface area contributed by atoms with Gasteiger partial charge in [-0.1, -0.05) is 37.9 Å². The molecule has 1 nitrogen and oxygen atoms in total. The molecule has 16 heavy (non-hydrogen) atoms. The minimum atomic E-state index is -0.399. The van der Waals surface area contributed by atoms with E-state index in [0.29, 0.717) is 10.6 Å². The molecule has 3 heteroatoms. The summed E-state index contributed by atoms with van der Waals surface area (Å²) in [7, 11) is 0. The average molecular weight is 243 g/mol. The quantitative estimate of drug-likeness (QED) is 0.762. The van der Waals surface area contributed by atoms with E-state index >= 15 is 0 Å². The molecule has 0 saturated carbocycles. The number of carbonyl (C=O) groups is 1. The standard InChI is InChI=1S/C13H16ClFO/c1-3-4-9(2)13(16)7-10-5-6-11(14)8-12(10)15/h5-6,8-9H,3-4,7H2,1-2H3. The topological polar surface area (TPSA) is 17.1 Å². The van der Waals surface area contributed by atoms with Crippen LogP contribution >= 0.6 is 11.6 Å². The minimum absolute atomic E-state index is 0.0000723. The molecule has 0 spiro atoms. The smallest absolute Gasteiger partial charge is 0.140 e. The summed E-state index contributed by atoms with van der Waals surface area (Å²) in [5.74, 6) is -0.312. The Balaban J connectivity index is 2.69. The Morgan fingerprint density at radius 2 is 2.19 bits per heavy atom. The molecule has 0 heterocycles. The Labute approximate surface area is 101 Å². The molecule has 0 bridgehead atoms. The van der Waals surface area contributed by atoms with Crippen molar-refractivity contribution in [2.45, 2.75) is 33.1 Å². The highest BCUT2D eigenvalue weighted by Gasteiger charge is 2.14. The summed E-state index contributed by atoms with van der Waals surface area (Å²) in [5, 5.41) is 0.357. The highest BCUT2D eigenvalue weighted by atomic mass is 35.5. The lowest BCUT2D eigenvalue weighted by Crippen LogP contribution is -2.14. The number of rotatable bonds is 5. The lowest BCUT2D eigenvalue weighted by atomic mass is 9.95. The second kappa shape index (κ2) is 6.00. The third-order valence-electron chi connectivity index (χ3n) is 2.65. The molecular weight excluding hydrogens is 227 g/mol. The zero-order chi connectivity index (χ0) is 12.1. The van der Waals surface area contributed by atoms with Gasteiger partial charge in [-0.2, -0.15) is 0 Å². The van der Waals surface area contributed by atoms with E-state index < -0.39 is 5.82 Å². The van der Waals surface area contributed by atoms with Gasteiger partial charge >= 0.3 is 0 Å². The van der Waals surface area contributed by atoms with Crippen molar-refractivity contribution in [2.75, 3.05) is 0 Å². The lowest BCUT2D eigenvalue weighted by Gasteiger charge is -2.09. The zero-order valence-electron chi connectivity index (χ0n) is 9.59. The molecular formula is C13H16ClFO. The predicted octanol–water partition coefficient (Wildman–Crippen LogP) is 4.03. The van der Waals surface area contributed by atoms with Crippen molar-refractivity contribution in [3.05, 3.63) is 34.6 Å². The van der Waals surface area contributed by atoms with Crippen LogP contribution in [-0.2, 0) is 11.2 Å². The SMILES string of the molecule is CCCC(C)C(=O)Cc1ccc(Cl)cc1F. The van der Waals surface area contributed by atoms with Gasteiger partial charge in [0, 0.05) is 17.4 Å². The van der Waals surface area contributed by atoms with Gasteiger partial charge in [0.1, 0.15) is 11.6 Å². The molecule has 0 aromatic heterocycles. The number of hydrogen-bond acceptors (Lipinski definition) is 1. The fraction of sp³-hybridized carbons (Fsp3) is 0.462. The van der Waals surface area contributed by atoms with Crippen molar-refractivity contribution in [1.82, 2.24) is 0 Å². The van der Waals surface area contributed by atoms with E-state index in [2.05, 4.69) is 0 Å². The van der Waals surface area contributed by atoms with Crippen molar-refractivity contribution >= 4 is 17.4 Å². The van der Waals surface area contributed by atoms with Gasteiger partial charge < -0.3 is 0 Å². The summed E-state index contributed by atoms with van der Waals surface area (Å²) in [6.45, 7) is 3.92. The number of ketones is 1. The Bertz CT molecular complexity index is 376. The molecule has 1 atom stereocenters. The van der Waals surface area contributed by atoms with Gasteiger partial charge in [0.2, 0.25) is 0 Å². The molecule has 0 aliphatic heterocycles. The highest BCUT2D eigenvalue weighted by Crippen LogP contribution is 2.17. The van der Waals surface area contributed by atoms with Crippen LogP contribution in [-0.4, -0.2) is 5.78 Å². The van der Waals surface area contributed by atoms with Gasteiger partial charge in [0.05, 0.1) is 0 Å². The summed E-state index contributed by atoms with van der Waals surface area (Å²) in [6.07, 6.45) is 1.98. The summed E-state index contributed by atoms with van der Waals surface area (Å²) < 4.78 is 13.4. The number of carbonyl (C=O) groups excluding carboxylic acids is 1. The monoisotopic (exact) mass is 242 g/mol. The molecule has 0 aliphatic carbocycles. The van der Waals surface area contributed by atoms with Crippen LogP contribution in [0.2, 0.25) is 5.02 Å². The summed E-state index contributed by atoms with van der Waals surface area (Å²) >= 11 is 5.64. The number of halogens is 2. The van der Waals surface area contributed by atoms with Gasteiger partial charge in [-0.3, -0.25) is 4.79 Å². The average Bonchev–Trinajstić information content (AvgIpc) is 2.22. The zero-order valence-corrected chi connectivity index (χ0v) is 10.4. The largest absolute Gasteiger partial charge is 0.299 e. The molecule has 1 aromatic carbocycles. The molecule has 1 rings (SSSR count). The Hall–Kier alpha value is -0.890. The molecule has 0 amide bonds. The molecule has 0 N–H and O–H groups in total. The van der Waals surface area contributed by atoms with E-state index in [1.165, 1.54) is 6.07 Å². The predicted molar refractivity (Wildman–Crippen MR) is 64.2 cm³/mol. The number of benzene rings is 1. The summed E-state index contributed by atoms with van der Waals surface area (Å²) in [5.41, 5.74) is 0.428. The van der Waals surface area contributed by atoms with E-state index in [1.54, 1.807) is 12.1 Å². The Kier molecular flexibility index (Phi) is 4.94. The summed E-state index contributed by atoms with van der Waals surface area (Å²) in [4.78, 5) is 11.7. The van der Waals surface area contributed by atoms with E-state index in [9.17, 15) is 9.18 Å².